The van der Waals surface area contributed by atoms with Crippen LogP contribution in [0.1, 0.15) is 17.5 Å². The van der Waals surface area contributed by atoms with Crippen molar-refractivity contribution in [1.29, 1.82) is 0 Å². The van der Waals surface area contributed by atoms with Gasteiger partial charge < -0.3 is 15.4 Å². The van der Waals surface area contributed by atoms with Gasteiger partial charge in [-0.05, 0) is 42.7 Å². The second-order valence-corrected chi connectivity index (χ2v) is 5.16. The van der Waals surface area contributed by atoms with Crippen LogP contribution in [0.5, 0.6) is 5.75 Å². The first-order valence-electron chi connectivity index (χ1n) is 7.08. The van der Waals surface area contributed by atoms with Gasteiger partial charge in [0, 0.05) is 18.8 Å². The number of nitrogens with two attached hydrogens (primary N) is 1. The zero-order valence-corrected chi connectivity index (χ0v) is 11.8. The predicted octanol–water partition coefficient (Wildman–Crippen LogP) is 3.37. The number of aryl methyl sites for hydroxylation is 1. The van der Waals surface area contributed by atoms with E-state index in [1.807, 2.05) is 12.1 Å². The highest BCUT2D eigenvalue weighted by Crippen LogP contribution is 2.37. The van der Waals surface area contributed by atoms with Gasteiger partial charge in [0.2, 0.25) is 0 Å². The minimum Gasteiger partial charge on any atom is -0.491 e. The first-order chi connectivity index (χ1) is 9.79. The number of rotatable bonds is 2. The first kappa shape index (κ1) is 13.0. The number of hydrogen-bond donors (Lipinski definition) is 1. The van der Waals surface area contributed by atoms with Gasteiger partial charge in [0.15, 0.2) is 0 Å². The molecule has 0 saturated carbocycles. The third-order valence-electron chi connectivity index (χ3n) is 3.69. The molecule has 3 heteroatoms. The smallest absolute Gasteiger partial charge is 0.142 e. The Morgan fingerprint density at radius 1 is 1.15 bits per heavy atom. The quantitative estimate of drug-likeness (QED) is 0.907. The Hall–Kier alpha value is -2.00. The number of para-hydroxylation sites is 2. The normalized spacial score (nSPS) is 14.4. The predicted molar refractivity (Wildman–Crippen MR) is 82.6 cm³/mol. The van der Waals surface area contributed by atoms with Crippen LogP contribution in [0.4, 0.5) is 11.4 Å². The van der Waals surface area contributed by atoms with Crippen molar-refractivity contribution in [2.45, 2.75) is 19.9 Å². The summed E-state index contributed by atoms with van der Waals surface area (Å²) in [5, 5.41) is 0. The maximum Gasteiger partial charge on any atom is 0.142 e. The molecule has 0 bridgehead atoms. The minimum atomic E-state index is 0.551. The van der Waals surface area contributed by atoms with Gasteiger partial charge in [-0.3, -0.25) is 0 Å². The molecule has 0 aliphatic carbocycles. The van der Waals surface area contributed by atoms with Gasteiger partial charge in [0.1, 0.15) is 5.75 Å². The summed E-state index contributed by atoms with van der Waals surface area (Å²) in [6.45, 7) is 4.38. The van der Waals surface area contributed by atoms with E-state index in [4.69, 9.17) is 10.5 Å². The molecule has 3 rings (SSSR count). The maximum absolute atomic E-state index is 5.91. The van der Waals surface area contributed by atoms with Crippen LogP contribution in [0.15, 0.2) is 42.5 Å². The first-order valence-corrected chi connectivity index (χ1v) is 7.08. The average Bonchev–Trinajstić information content (AvgIpc) is 2.69. The summed E-state index contributed by atoms with van der Waals surface area (Å²) in [7, 11) is 0. The molecular weight excluding hydrogens is 248 g/mol. The Kier molecular flexibility index (Phi) is 3.61. The summed E-state index contributed by atoms with van der Waals surface area (Å²) < 4.78 is 5.83. The number of ether oxygens (including phenoxy) is 1. The van der Waals surface area contributed by atoms with E-state index in [0.29, 0.717) is 6.54 Å². The molecule has 2 N–H and O–H groups in total. The topological polar surface area (TPSA) is 38.5 Å². The number of fused-ring (bicyclic) bond motifs is 1. The molecule has 2 aromatic carbocycles. The zero-order chi connectivity index (χ0) is 13.9. The Morgan fingerprint density at radius 3 is 2.85 bits per heavy atom. The van der Waals surface area contributed by atoms with E-state index in [-0.39, 0.29) is 0 Å². The van der Waals surface area contributed by atoms with Gasteiger partial charge in [-0.25, -0.2) is 0 Å². The fourth-order valence-corrected chi connectivity index (χ4v) is 2.68. The van der Waals surface area contributed by atoms with Crippen LogP contribution in [0.3, 0.4) is 0 Å². The van der Waals surface area contributed by atoms with Crippen molar-refractivity contribution >= 4 is 11.4 Å². The highest BCUT2D eigenvalue weighted by atomic mass is 16.5. The molecule has 104 valence electrons. The second-order valence-electron chi connectivity index (χ2n) is 5.16. The van der Waals surface area contributed by atoms with Crippen molar-refractivity contribution < 1.29 is 4.74 Å². The van der Waals surface area contributed by atoms with Gasteiger partial charge in [0.05, 0.1) is 12.3 Å². The molecular formula is C17H20N2O. The lowest BCUT2D eigenvalue weighted by Crippen LogP contribution is -2.20. The maximum atomic E-state index is 5.91. The van der Waals surface area contributed by atoms with E-state index in [2.05, 4.69) is 42.2 Å². The van der Waals surface area contributed by atoms with Crippen LogP contribution in [0.2, 0.25) is 0 Å². The van der Waals surface area contributed by atoms with E-state index in [0.717, 1.165) is 31.0 Å². The lowest BCUT2D eigenvalue weighted by atomic mass is 10.1. The molecule has 20 heavy (non-hydrogen) atoms. The van der Waals surface area contributed by atoms with E-state index >= 15 is 0 Å². The Bertz CT molecular complexity index is 610. The van der Waals surface area contributed by atoms with Crippen molar-refractivity contribution in [2.24, 2.45) is 5.73 Å². The lowest BCUT2D eigenvalue weighted by Gasteiger charge is -2.26. The van der Waals surface area contributed by atoms with E-state index in [9.17, 15) is 0 Å². The van der Waals surface area contributed by atoms with Gasteiger partial charge in [0.25, 0.3) is 0 Å². The summed E-state index contributed by atoms with van der Waals surface area (Å²) in [4.78, 5) is 2.33. The molecule has 0 amide bonds. The summed E-state index contributed by atoms with van der Waals surface area (Å²) in [6, 6.07) is 14.7. The fourth-order valence-electron chi connectivity index (χ4n) is 2.68. The number of hydrogen-bond acceptors (Lipinski definition) is 3. The van der Waals surface area contributed by atoms with Crippen LogP contribution in [0.25, 0.3) is 0 Å². The summed E-state index contributed by atoms with van der Waals surface area (Å²) >= 11 is 0. The van der Waals surface area contributed by atoms with Gasteiger partial charge >= 0.3 is 0 Å². The molecule has 0 atom stereocenters. The number of anilines is 2. The van der Waals surface area contributed by atoms with Crippen molar-refractivity contribution in [3.8, 4) is 5.75 Å². The summed E-state index contributed by atoms with van der Waals surface area (Å²) in [5.74, 6) is 0.953. The molecule has 0 unspecified atom stereocenters. The highest BCUT2D eigenvalue weighted by molar-refractivity contribution is 5.72. The largest absolute Gasteiger partial charge is 0.491 e. The third kappa shape index (κ3) is 2.37. The lowest BCUT2D eigenvalue weighted by molar-refractivity contribution is 0.322. The van der Waals surface area contributed by atoms with Crippen LogP contribution >= 0.6 is 0 Å². The monoisotopic (exact) mass is 268 g/mol. The van der Waals surface area contributed by atoms with Crippen molar-refractivity contribution in [2.75, 3.05) is 18.1 Å². The molecule has 1 heterocycles. The Labute approximate surface area is 120 Å². The second kappa shape index (κ2) is 5.55. The van der Waals surface area contributed by atoms with Gasteiger partial charge in [-0.2, -0.15) is 0 Å². The molecule has 0 spiro atoms. The standard InChI is InChI=1S/C17H20N2O/c1-13-7-8-14(12-18)16(11-13)19-9-4-10-20-17-6-3-2-5-15(17)19/h2-3,5-8,11H,4,9-10,12,18H2,1H3. The average molecular weight is 268 g/mol. The summed E-state index contributed by atoms with van der Waals surface area (Å²) in [5.41, 5.74) is 10.7. The molecule has 2 aromatic rings. The Balaban J connectivity index is 2.12. The molecule has 1 aliphatic heterocycles. The molecule has 1 aliphatic rings. The minimum absolute atomic E-state index is 0.551. The van der Waals surface area contributed by atoms with Crippen molar-refractivity contribution in [3.63, 3.8) is 0 Å². The van der Waals surface area contributed by atoms with E-state index in [1.165, 1.54) is 16.8 Å². The van der Waals surface area contributed by atoms with Gasteiger partial charge in [-0.15, -0.1) is 0 Å². The molecule has 0 fully saturated rings. The van der Waals surface area contributed by atoms with E-state index in [1.54, 1.807) is 0 Å². The van der Waals surface area contributed by atoms with Crippen molar-refractivity contribution in [1.82, 2.24) is 0 Å². The third-order valence-corrected chi connectivity index (χ3v) is 3.69. The number of nitrogens with zero attached hydrogens (tertiary/aromatic N) is 1. The van der Waals surface area contributed by atoms with Gasteiger partial charge in [-0.1, -0.05) is 24.3 Å². The molecule has 0 aromatic heterocycles. The van der Waals surface area contributed by atoms with Crippen LogP contribution in [-0.4, -0.2) is 13.2 Å². The van der Waals surface area contributed by atoms with E-state index < -0.39 is 0 Å². The number of benzene rings is 2. The van der Waals surface area contributed by atoms with Crippen LogP contribution in [-0.2, 0) is 6.54 Å². The van der Waals surface area contributed by atoms with Crippen LogP contribution in [0, 0.1) is 6.92 Å². The molecule has 0 radical (unpaired) electrons. The SMILES string of the molecule is Cc1ccc(CN)c(N2CCCOc3ccccc32)c1. The molecule has 0 saturated heterocycles. The fraction of sp³-hybridized carbons (Fsp3) is 0.294. The Morgan fingerprint density at radius 2 is 2.00 bits per heavy atom. The highest BCUT2D eigenvalue weighted by Gasteiger charge is 2.19. The van der Waals surface area contributed by atoms with Crippen molar-refractivity contribution in [3.05, 3.63) is 53.6 Å². The molecule has 3 nitrogen and oxygen atoms in total. The van der Waals surface area contributed by atoms with Crippen LogP contribution < -0.4 is 15.4 Å². The summed E-state index contributed by atoms with van der Waals surface area (Å²) in [6.07, 6.45) is 1.01. The zero-order valence-electron chi connectivity index (χ0n) is 11.8.